The van der Waals surface area contributed by atoms with Gasteiger partial charge in [0.25, 0.3) is 0 Å². The number of hydrogen-bond donors (Lipinski definition) is 1. The molecule has 0 aliphatic rings. The Bertz CT molecular complexity index is 1290. The molecule has 0 aliphatic carbocycles. The molecular weight excluding hydrogens is 450 g/mol. The van der Waals surface area contributed by atoms with Crippen LogP contribution in [0.5, 0.6) is 17.2 Å². The second-order valence-electron chi connectivity index (χ2n) is 7.14. The zero-order valence-corrected chi connectivity index (χ0v) is 19.8. The third-order valence-corrected chi connectivity index (χ3v) is 5.86. The van der Waals surface area contributed by atoms with Gasteiger partial charge in [-0.1, -0.05) is 12.1 Å². The molecule has 0 fully saturated rings. The first-order chi connectivity index (χ1) is 16.6. The molecule has 0 aliphatic heterocycles. The first-order valence-corrected chi connectivity index (χ1v) is 11.2. The van der Waals surface area contributed by atoms with Gasteiger partial charge in [-0.15, -0.1) is 11.3 Å². The van der Waals surface area contributed by atoms with Crippen LogP contribution in [0.15, 0.2) is 72.4 Å². The van der Waals surface area contributed by atoms with Gasteiger partial charge < -0.3 is 19.5 Å². The van der Waals surface area contributed by atoms with E-state index in [4.69, 9.17) is 19.2 Å². The summed E-state index contributed by atoms with van der Waals surface area (Å²) in [6.45, 7) is 0. The monoisotopic (exact) mass is 473 g/mol. The lowest BCUT2D eigenvalue weighted by Gasteiger charge is -2.12. The third-order valence-electron chi connectivity index (χ3n) is 4.97. The standard InChI is InChI=1S/C26H23N3O4S/c1-31-22-13-17(14-23(32-2)25(22)33-3)7-8-24(30)28-20-6-4-5-19(15-20)21-16-34-26(29-21)18-9-11-27-12-10-18/h4-16H,1-3H3,(H,28,30)/b8-7+. The number of anilines is 1. The Morgan fingerprint density at radius 3 is 2.35 bits per heavy atom. The van der Waals surface area contributed by atoms with Crippen molar-refractivity contribution in [2.75, 3.05) is 26.6 Å². The number of amides is 1. The fourth-order valence-corrected chi connectivity index (χ4v) is 4.18. The highest BCUT2D eigenvalue weighted by atomic mass is 32.1. The van der Waals surface area contributed by atoms with Crippen molar-refractivity contribution in [3.63, 3.8) is 0 Å². The second-order valence-corrected chi connectivity index (χ2v) is 7.99. The summed E-state index contributed by atoms with van der Waals surface area (Å²) in [7, 11) is 4.64. The van der Waals surface area contributed by atoms with E-state index in [-0.39, 0.29) is 5.91 Å². The summed E-state index contributed by atoms with van der Waals surface area (Å²) in [4.78, 5) is 21.3. The molecule has 1 N–H and O–H groups in total. The molecule has 2 heterocycles. The number of pyridine rings is 1. The molecule has 4 aromatic rings. The average Bonchev–Trinajstić information content (AvgIpc) is 3.38. The summed E-state index contributed by atoms with van der Waals surface area (Å²) in [5.41, 5.74) is 4.21. The molecule has 0 saturated heterocycles. The predicted octanol–water partition coefficient (Wildman–Crippen LogP) is 5.55. The maximum atomic E-state index is 12.6. The SMILES string of the molecule is COc1cc(/C=C/C(=O)Nc2cccc(-c3csc(-c4ccncc4)n3)c2)cc(OC)c1OC. The van der Waals surface area contributed by atoms with E-state index < -0.39 is 0 Å². The van der Waals surface area contributed by atoms with Crippen LogP contribution in [0.2, 0.25) is 0 Å². The van der Waals surface area contributed by atoms with E-state index in [0.717, 1.165) is 27.4 Å². The van der Waals surface area contributed by atoms with E-state index in [1.807, 2.05) is 41.8 Å². The number of nitrogens with zero attached hydrogens (tertiary/aromatic N) is 2. The minimum absolute atomic E-state index is 0.262. The Kier molecular flexibility index (Phi) is 7.19. The predicted molar refractivity (Wildman–Crippen MR) is 135 cm³/mol. The minimum Gasteiger partial charge on any atom is -0.493 e. The number of nitrogens with one attached hydrogen (secondary N) is 1. The van der Waals surface area contributed by atoms with Gasteiger partial charge in [-0.3, -0.25) is 9.78 Å². The van der Waals surface area contributed by atoms with Gasteiger partial charge in [0.2, 0.25) is 11.7 Å². The number of aromatic nitrogens is 2. The molecule has 0 unspecified atom stereocenters. The number of rotatable bonds is 8. The molecule has 0 spiro atoms. The Morgan fingerprint density at radius 2 is 1.68 bits per heavy atom. The zero-order chi connectivity index (χ0) is 23.9. The molecule has 1 amide bonds. The van der Waals surface area contributed by atoms with Crippen molar-refractivity contribution in [2.24, 2.45) is 0 Å². The smallest absolute Gasteiger partial charge is 0.248 e. The number of carbonyl (C=O) groups excluding carboxylic acids is 1. The number of ether oxygens (including phenoxy) is 3. The lowest BCUT2D eigenvalue weighted by atomic mass is 10.1. The van der Waals surface area contributed by atoms with Crippen LogP contribution in [0.3, 0.4) is 0 Å². The summed E-state index contributed by atoms with van der Waals surface area (Å²) in [6.07, 6.45) is 6.64. The molecule has 34 heavy (non-hydrogen) atoms. The van der Waals surface area contributed by atoms with Crippen LogP contribution in [0.25, 0.3) is 27.9 Å². The molecule has 0 atom stereocenters. The van der Waals surface area contributed by atoms with Crippen LogP contribution < -0.4 is 19.5 Å². The van der Waals surface area contributed by atoms with E-state index >= 15 is 0 Å². The Labute approximate surface area is 201 Å². The van der Waals surface area contributed by atoms with E-state index in [2.05, 4.69) is 10.3 Å². The van der Waals surface area contributed by atoms with Crippen molar-refractivity contribution in [1.82, 2.24) is 9.97 Å². The molecular formula is C26H23N3O4S. The Hall–Kier alpha value is -4.17. The van der Waals surface area contributed by atoms with Gasteiger partial charge in [-0.25, -0.2) is 4.98 Å². The third kappa shape index (κ3) is 5.24. The van der Waals surface area contributed by atoms with Crippen LogP contribution in [-0.2, 0) is 4.79 Å². The summed E-state index contributed by atoms with van der Waals surface area (Å²) in [5.74, 6) is 1.27. The van der Waals surface area contributed by atoms with E-state index in [1.54, 1.807) is 63.3 Å². The van der Waals surface area contributed by atoms with Crippen LogP contribution in [-0.4, -0.2) is 37.2 Å². The number of thiazole rings is 1. The van der Waals surface area contributed by atoms with Crippen molar-refractivity contribution in [3.8, 4) is 39.1 Å². The first kappa shape index (κ1) is 23.0. The largest absolute Gasteiger partial charge is 0.493 e. The Morgan fingerprint density at radius 1 is 0.941 bits per heavy atom. The molecule has 2 aromatic heterocycles. The lowest BCUT2D eigenvalue weighted by molar-refractivity contribution is -0.111. The topological polar surface area (TPSA) is 82.6 Å². The van der Waals surface area contributed by atoms with Crippen LogP contribution in [0, 0.1) is 0 Å². The maximum absolute atomic E-state index is 12.6. The molecule has 0 bridgehead atoms. The van der Waals surface area contributed by atoms with Crippen LogP contribution in [0.1, 0.15) is 5.56 Å². The second kappa shape index (κ2) is 10.6. The van der Waals surface area contributed by atoms with Crippen molar-refractivity contribution < 1.29 is 19.0 Å². The molecule has 8 heteroatoms. The molecule has 0 radical (unpaired) electrons. The van der Waals surface area contributed by atoms with Crippen molar-refractivity contribution in [3.05, 3.63) is 77.9 Å². The van der Waals surface area contributed by atoms with Crippen LogP contribution in [0.4, 0.5) is 5.69 Å². The normalized spacial score (nSPS) is 10.8. The number of benzene rings is 2. The maximum Gasteiger partial charge on any atom is 0.248 e. The zero-order valence-electron chi connectivity index (χ0n) is 18.9. The molecule has 0 saturated carbocycles. The quantitative estimate of drug-likeness (QED) is 0.338. The fourth-order valence-electron chi connectivity index (χ4n) is 3.34. The Balaban J connectivity index is 1.48. The first-order valence-electron chi connectivity index (χ1n) is 10.4. The van der Waals surface area contributed by atoms with Crippen molar-refractivity contribution >= 4 is 29.0 Å². The summed E-state index contributed by atoms with van der Waals surface area (Å²) >= 11 is 1.56. The van der Waals surface area contributed by atoms with Crippen molar-refractivity contribution in [1.29, 1.82) is 0 Å². The molecule has 2 aromatic carbocycles. The molecule has 7 nitrogen and oxygen atoms in total. The van der Waals surface area contributed by atoms with Gasteiger partial charge in [0.1, 0.15) is 5.01 Å². The van der Waals surface area contributed by atoms with Crippen LogP contribution >= 0.6 is 11.3 Å². The molecule has 172 valence electrons. The highest BCUT2D eigenvalue weighted by Crippen LogP contribution is 2.38. The van der Waals surface area contributed by atoms with Gasteiger partial charge in [0.05, 0.1) is 27.0 Å². The highest BCUT2D eigenvalue weighted by molar-refractivity contribution is 7.13. The minimum atomic E-state index is -0.262. The lowest BCUT2D eigenvalue weighted by Crippen LogP contribution is -2.07. The number of methoxy groups -OCH3 is 3. The summed E-state index contributed by atoms with van der Waals surface area (Å²) in [6, 6.07) is 15.0. The van der Waals surface area contributed by atoms with E-state index in [9.17, 15) is 4.79 Å². The number of carbonyl (C=O) groups is 1. The fraction of sp³-hybridized carbons (Fsp3) is 0.115. The summed E-state index contributed by atoms with van der Waals surface area (Å²) in [5, 5.41) is 5.81. The van der Waals surface area contributed by atoms with Gasteiger partial charge >= 0.3 is 0 Å². The van der Waals surface area contributed by atoms with Gasteiger partial charge in [-0.2, -0.15) is 0 Å². The average molecular weight is 474 g/mol. The van der Waals surface area contributed by atoms with Gasteiger partial charge in [0, 0.05) is 40.7 Å². The van der Waals surface area contributed by atoms with Gasteiger partial charge in [0.15, 0.2) is 11.5 Å². The van der Waals surface area contributed by atoms with Gasteiger partial charge in [-0.05, 0) is 48.0 Å². The van der Waals surface area contributed by atoms with Crippen molar-refractivity contribution in [2.45, 2.75) is 0 Å². The molecule has 4 rings (SSSR count). The number of hydrogen-bond acceptors (Lipinski definition) is 7. The van der Waals surface area contributed by atoms with E-state index in [0.29, 0.717) is 22.9 Å². The van der Waals surface area contributed by atoms with E-state index in [1.165, 1.54) is 6.08 Å². The highest BCUT2D eigenvalue weighted by Gasteiger charge is 2.12. The summed E-state index contributed by atoms with van der Waals surface area (Å²) < 4.78 is 16.1.